The summed E-state index contributed by atoms with van der Waals surface area (Å²) in [6.45, 7) is 2.69. The number of aromatic nitrogens is 2. The molecule has 1 unspecified atom stereocenters. The molecule has 0 saturated carbocycles. The molecule has 120 valence electrons. The van der Waals surface area contributed by atoms with Gasteiger partial charge in [-0.15, -0.1) is 10.2 Å². The molecule has 2 heterocycles. The lowest BCUT2D eigenvalue weighted by Gasteiger charge is -2.22. The third-order valence-corrected chi connectivity index (χ3v) is 3.61. The van der Waals surface area contributed by atoms with Crippen molar-refractivity contribution in [3.8, 4) is 0 Å². The molecule has 9 heteroatoms. The minimum atomic E-state index is -1.63. The maximum absolute atomic E-state index is 14.0. The number of amides is 3. The molecule has 23 heavy (non-hydrogen) atoms. The van der Waals surface area contributed by atoms with Crippen LogP contribution in [0.15, 0.2) is 22.6 Å². The number of nitrogens with one attached hydrogen (secondary N) is 1. The molecule has 3 rings (SSSR count). The average molecular weight is 322 g/mol. The molecule has 1 fully saturated rings. The van der Waals surface area contributed by atoms with Crippen molar-refractivity contribution in [1.82, 2.24) is 20.4 Å². The van der Waals surface area contributed by atoms with Crippen molar-refractivity contribution in [2.45, 2.75) is 25.9 Å². The summed E-state index contributed by atoms with van der Waals surface area (Å²) in [5, 5.41) is 9.74. The first-order valence-corrected chi connectivity index (χ1v) is 6.70. The zero-order valence-corrected chi connectivity index (χ0v) is 12.3. The van der Waals surface area contributed by atoms with E-state index >= 15 is 0 Å². The van der Waals surface area contributed by atoms with Gasteiger partial charge in [-0.25, -0.2) is 13.6 Å². The largest absolute Gasteiger partial charge is 0.424 e. The Hall–Kier alpha value is -2.84. The molecule has 1 aliphatic rings. The van der Waals surface area contributed by atoms with Crippen molar-refractivity contribution in [2.75, 3.05) is 0 Å². The van der Waals surface area contributed by atoms with Gasteiger partial charge in [0.15, 0.2) is 0 Å². The quantitative estimate of drug-likeness (QED) is 0.868. The fourth-order valence-corrected chi connectivity index (χ4v) is 2.45. The molecular weight excluding hydrogens is 310 g/mol. The molecule has 1 aliphatic heterocycles. The summed E-state index contributed by atoms with van der Waals surface area (Å²) >= 11 is 0. The number of rotatable bonds is 3. The summed E-state index contributed by atoms with van der Waals surface area (Å²) < 4.78 is 32.2. The second kappa shape index (κ2) is 5.11. The minimum Gasteiger partial charge on any atom is -0.424 e. The summed E-state index contributed by atoms with van der Waals surface area (Å²) in [5.41, 5.74) is -1.76. The highest BCUT2D eigenvalue weighted by molar-refractivity contribution is 6.07. The second-order valence-corrected chi connectivity index (χ2v) is 5.29. The van der Waals surface area contributed by atoms with Gasteiger partial charge in [-0.05, 0) is 13.0 Å². The van der Waals surface area contributed by atoms with E-state index in [9.17, 15) is 18.4 Å². The van der Waals surface area contributed by atoms with Crippen molar-refractivity contribution in [3.05, 3.63) is 47.2 Å². The van der Waals surface area contributed by atoms with Gasteiger partial charge in [-0.1, -0.05) is 6.07 Å². The van der Waals surface area contributed by atoms with Crippen LogP contribution in [0.4, 0.5) is 13.6 Å². The van der Waals surface area contributed by atoms with E-state index in [4.69, 9.17) is 4.42 Å². The number of carbonyl (C=O) groups is 2. The van der Waals surface area contributed by atoms with Crippen LogP contribution in [0.5, 0.6) is 0 Å². The number of aryl methyl sites for hydroxylation is 1. The molecule has 1 saturated heterocycles. The molecular formula is C14H12F2N4O3. The molecule has 1 aromatic heterocycles. The highest BCUT2D eigenvalue weighted by atomic mass is 19.1. The van der Waals surface area contributed by atoms with Gasteiger partial charge in [0.25, 0.3) is 5.91 Å². The van der Waals surface area contributed by atoms with Crippen LogP contribution >= 0.6 is 0 Å². The Kier molecular flexibility index (Phi) is 3.35. The van der Waals surface area contributed by atoms with Gasteiger partial charge in [0.05, 0.1) is 0 Å². The van der Waals surface area contributed by atoms with E-state index in [-0.39, 0.29) is 18.0 Å². The summed E-state index contributed by atoms with van der Waals surface area (Å²) in [6.07, 6.45) is 0. The lowest BCUT2D eigenvalue weighted by Crippen LogP contribution is -2.41. The molecule has 0 bridgehead atoms. The smallest absolute Gasteiger partial charge is 0.325 e. The molecule has 0 aliphatic carbocycles. The van der Waals surface area contributed by atoms with Crippen molar-refractivity contribution in [2.24, 2.45) is 0 Å². The van der Waals surface area contributed by atoms with E-state index in [1.54, 1.807) is 6.92 Å². The van der Waals surface area contributed by atoms with Gasteiger partial charge in [0.2, 0.25) is 11.8 Å². The van der Waals surface area contributed by atoms with E-state index in [0.29, 0.717) is 12.0 Å². The fourth-order valence-electron chi connectivity index (χ4n) is 2.45. The van der Waals surface area contributed by atoms with Crippen molar-refractivity contribution in [1.29, 1.82) is 0 Å². The van der Waals surface area contributed by atoms with E-state index in [1.807, 2.05) is 0 Å². The number of imide groups is 1. The lowest BCUT2D eigenvalue weighted by atomic mass is 9.91. The van der Waals surface area contributed by atoms with E-state index in [2.05, 4.69) is 15.5 Å². The van der Waals surface area contributed by atoms with Crippen molar-refractivity contribution in [3.63, 3.8) is 0 Å². The van der Waals surface area contributed by atoms with Crippen LogP contribution in [0, 0.1) is 18.6 Å². The highest BCUT2D eigenvalue weighted by Crippen LogP contribution is 2.31. The zero-order chi connectivity index (χ0) is 16.8. The minimum absolute atomic E-state index is 0.0785. The monoisotopic (exact) mass is 322 g/mol. The topological polar surface area (TPSA) is 88.3 Å². The van der Waals surface area contributed by atoms with Crippen LogP contribution < -0.4 is 5.32 Å². The van der Waals surface area contributed by atoms with Crippen LogP contribution in [0.1, 0.15) is 24.3 Å². The Morgan fingerprint density at radius 3 is 2.65 bits per heavy atom. The van der Waals surface area contributed by atoms with Gasteiger partial charge < -0.3 is 9.73 Å². The highest BCUT2D eigenvalue weighted by Gasteiger charge is 2.50. The SMILES string of the molecule is Cc1nnc(CN2C(=O)NC(C)(c3ccc(F)cc3F)C2=O)o1. The Bertz CT molecular complexity index is 807. The van der Waals surface area contributed by atoms with E-state index < -0.39 is 29.1 Å². The van der Waals surface area contributed by atoms with Gasteiger partial charge in [0.1, 0.15) is 23.7 Å². The third-order valence-electron chi connectivity index (χ3n) is 3.61. The molecule has 0 spiro atoms. The predicted octanol–water partition coefficient (Wildman–Crippen LogP) is 1.62. The van der Waals surface area contributed by atoms with Gasteiger partial charge in [-0.2, -0.15) is 0 Å². The number of nitrogens with zero attached hydrogens (tertiary/aromatic N) is 3. The van der Waals surface area contributed by atoms with E-state index in [1.165, 1.54) is 6.92 Å². The van der Waals surface area contributed by atoms with Crippen LogP contribution in [-0.4, -0.2) is 27.0 Å². The predicted molar refractivity (Wildman–Crippen MR) is 71.8 cm³/mol. The fraction of sp³-hybridized carbons (Fsp3) is 0.286. The molecule has 2 aromatic rings. The Balaban J connectivity index is 1.93. The molecule has 1 N–H and O–H groups in total. The summed E-state index contributed by atoms with van der Waals surface area (Å²) in [6, 6.07) is 2.08. The van der Waals surface area contributed by atoms with Crippen LogP contribution in [0.3, 0.4) is 0 Å². The van der Waals surface area contributed by atoms with Gasteiger partial charge in [0, 0.05) is 18.6 Å². The normalized spacial score (nSPS) is 21.0. The number of halogens is 2. The van der Waals surface area contributed by atoms with Crippen molar-refractivity contribution < 1.29 is 22.8 Å². The molecule has 3 amide bonds. The first-order valence-electron chi connectivity index (χ1n) is 6.70. The lowest BCUT2D eigenvalue weighted by molar-refractivity contribution is -0.131. The molecule has 1 aromatic carbocycles. The second-order valence-electron chi connectivity index (χ2n) is 5.29. The van der Waals surface area contributed by atoms with Crippen LogP contribution in [-0.2, 0) is 16.9 Å². The number of carbonyl (C=O) groups excluding carboxylic acids is 2. The Labute approximate surface area is 129 Å². The van der Waals surface area contributed by atoms with Gasteiger partial charge in [-0.3, -0.25) is 9.69 Å². The molecule has 7 nitrogen and oxygen atoms in total. The number of hydrogen-bond acceptors (Lipinski definition) is 5. The summed E-state index contributed by atoms with van der Waals surface area (Å²) in [5.74, 6) is -2.01. The molecule has 0 radical (unpaired) electrons. The summed E-state index contributed by atoms with van der Waals surface area (Å²) in [7, 11) is 0. The van der Waals surface area contributed by atoms with Gasteiger partial charge >= 0.3 is 6.03 Å². The van der Waals surface area contributed by atoms with Crippen LogP contribution in [0.2, 0.25) is 0 Å². The van der Waals surface area contributed by atoms with Crippen molar-refractivity contribution >= 4 is 11.9 Å². The van der Waals surface area contributed by atoms with Crippen LogP contribution in [0.25, 0.3) is 0 Å². The number of hydrogen-bond donors (Lipinski definition) is 1. The first-order chi connectivity index (χ1) is 10.8. The maximum Gasteiger partial charge on any atom is 0.325 e. The first kappa shape index (κ1) is 15.1. The van der Waals surface area contributed by atoms with E-state index in [0.717, 1.165) is 17.0 Å². The number of benzene rings is 1. The Morgan fingerprint density at radius 1 is 1.30 bits per heavy atom. The Morgan fingerprint density at radius 2 is 2.04 bits per heavy atom. The third kappa shape index (κ3) is 2.43. The maximum atomic E-state index is 14.0. The average Bonchev–Trinajstić information content (AvgIpc) is 2.96. The molecule has 1 atom stereocenters. The standard InChI is InChI=1S/C14H12F2N4O3/c1-7-18-19-11(23-7)6-20-12(21)14(2,17-13(20)22)9-4-3-8(15)5-10(9)16/h3-5H,6H2,1-2H3,(H,17,22). The summed E-state index contributed by atoms with van der Waals surface area (Å²) in [4.78, 5) is 25.5. The zero-order valence-electron chi connectivity index (χ0n) is 12.3. The number of urea groups is 1.